The molecule has 82 valence electrons. The van der Waals surface area contributed by atoms with E-state index in [0.29, 0.717) is 13.0 Å². The lowest BCUT2D eigenvalue weighted by Gasteiger charge is -2.09. The van der Waals surface area contributed by atoms with Gasteiger partial charge in [0.25, 0.3) is 0 Å². The van der Waals surface area contributed by atoms with Crippen LogP contribution >= 0.6 is 11.8 Å². The second-order valence-corrected chi connectivity index (χ2v) is 3.80. The van der Waals surface area contributed by atoms with Crippen LogP contribution in [0.25, 0.3) is 0 Å². The first-order valence-corrected chi connectivity index (χ1v) is 5.94. The molecule has 0 saturated carbocycles. The maximum Gasteiger partial charge on any atom is 0.307 e. The molecule has 0 spiro atoms. The number of methoxy groups -OCH3 is 1. The van der Waals surface area contributed by atoms with E-state index in [1.54, 1.807) is 11.8 Å². The molecule has 0 aliphatic rings. The van der Waals surface area contributed by atoms with Crippen LogP contribution in [0.5, 0.6) is 0 Å². The van der Waals surface area contributed by atoms with Gasteiger partial charge in [0.15, 0.2) is 0 Å². The minimum atomic E-state index is -0.191. The van der Waals surface area contributed by atoms with Crippen LogP contribution in [0, 0.1) is 0 Å². The fraction of sp³-hybridized carbons (Fsp3) is 0.364. The molecule has 0 amide bonds. The molecule has 15 heavy (non-hydrogen) atoms. The molecule has 0 aliphatic heterocycles. The van der Waals surface area contributed by atoms with E-state index in [2.05, 4.69) is 10.1 Å². The van der Waals surface area contributed by atoms with Crippen molar-refractivity contribution in [1.82, 2.24) is 0 Å². The molecule has 3 nitrogen and oxygen atoms in total. The van der Waals surface area contributed by atoms with Crippen LogP contribution in [0.2, 0.25) is 0 Å². The first-order valence-electron chi connectivity index (χ1n) is 4.71. The van der Waals surface area contributed by atoms with Gasteiger partial charge in [-0.2, -0.15) is 0 Å². The summed E-state index contributed by atoms with van der Waals surface area (Å²) in [6.07, 6.45) is 2.42. The number of benzene rings is 1. The van der Waals surface area contributed by atoms with Gasteiger partial charge < -0.3 is 10.1 Å². The SMILES string of the molecule is COC(=O)CCNc1ccccc1SC. The standard InChI is InChI=1S/C11H15NO2S/c1-14-11(13)7-8-12-9-5-3-4-6-10(9)15-2/h3-6,12H,7-8H2,1-2H3. The Bertz CT molecular complexity index is 328. The number of carbonyl (C=O) groups is 1. The van der Waals surface area contributed by atoms with Gasteiger partial charge in [-0.15, -0.1) is 11.8 Å². The first kappa shape index (κ1) is 11.9. The zero-order valence-corrected chi connectivity index (χ0v) is 9.76. The normalized spacial score (nSPS) is 9.73. The molecular formula is C11H15NO2S. The lowest BCUT2D eigenvalue weighted by Crippen LogP contribution is -2.09. The van der Waals surface area contributed by atoms with Crippen molar-refractivity contribution in [3.05, 3.63) is 24.3 Å². The van der Waals surface area contributed by atoms with E-state index < -0.39 is 0 Å². The number of anilines is 1. The van der Waals surface area contributed by atoms with Crippen molar-refractivity contribution in [3.63, 3.8) is 0 Å². The summed E-state index contributed by atoms with van der Waals surface area (Å²) in [5, 5.41) is 3.21. The van der Waals surface area contributed by atoms with Gasteiger partial charge in [0, 0.05) is 17.1 Å². The Hall–Kier alpha value is -1.16. The van der Waals surface area contributed by atoms with Crippen LogP contribution < -0.4 is 5.32 Å². The maximum atomic E-state index is 10.9. The van der Waals surface area contributed by atoms with E-state index in [-0.39, 0.29) is 5.97 Å². The second-order valence-electron chi connectivity index (χ2n) is 2.95. The number of thioether (sulfide) groups is 1. The number of rotatable bonds is 5. The Morgan fingerprint density at radius 3 is 2.87 bits per heavy atom. The number of para-hydroxylation sites is 1. The Morgan fingerprint density at radius 1 is 1.47 bits per heavy atom. The predicted molar refractivity (Wildman–Crippen MR) is 63.3 cm³/mol. The molecule has 4 heteroatoms. The van der Waals surface area contributed by atoms with Crippen LogP contribution in [0.1, 0.15) is 6.42 Å². The third kappa shape index (κ3) is 3.83. The highest BCUT2D eigenvalue weighted by atomic mass is 32.2. The van der Waals surface area contributed by atoms with E-state index >= 15 is 0 Å². The van der Waals surface area contributed by atoms with E-state index in [4.69, 9.17) is 0 Å². The van der Waals surface area contributed by atoms with Gasteiger partial charge in [0.1, 0.15) is 0 Å². The highest BCUT2D eigenvalue weighted by molar-refractivity contribution is 7.98. The zero-order chi connectivity index (χ0) is 11.1. The van der Waals surface area contributed by atoms with Crippen molar-refractivity contribution in [1.29, 1.82) is 0 Å². The molecule has 0 bridgehead atoms. The molecule has 0 aliphatic carbocycles. The number of hydrogen-bond donors (Lipinski definition) is 1. The Balaban J connectivity index is 2.46. The summed E-state index contributed by atoms with van der Waals surface area (Å²) in [7, 11) is 1.40. The number of hydrogen-bond acceptors (Lipinski definition) is 4. The summed E-state index contributed by atoms with van der Waals surface area (Å²) < 4.78 is 4.56. The molecule has 0 radical (unpaired) electrons. The summed E-state index contributed by atoms with van der Waals surface area (Å²) in [5.74, 6) is -0.191. The van der Waals surface area contributed by atoms with Crippen molar-refractivity contribution in [2.24, 2.45) is 0 Å². The predicted octanol–water partition coefficient (Wildman–Crippen LogP) is 2.38. The highest BCUT2D eigenvalue weighted by Crippen LogP contribution is 2.24. The summed E-state index contributed by atoms with van der Waals surface area (Å²) in [4.78, 5) is 12.1. The van der Waals surface area contributed by atoms with Crippen molar-refractivity contribution < 1.29 is 9.53 Å². The number of ether oxygens (including phenoxy) is 1. The van der Waals surface area contributed by atoms with Crippen LogP contribution in [0.15, 0.2) is 29.2 Å². The number of carbonyl (C=O) groups excluding carboxylic acids is 1. The average molecular weight is 225 g/mol. The lowest BCUT2D eigenvalue weighted by atomic mass is 10.3. The first-order chi connectivity index (χ1) is 7.27. The van der Waals surface area contributed by atoms with E-state index in [1.165, 1.54) is 12.0 Å². The molecule has 1 N–H and O–H groups in total. The molecule has 0 unspecified atom stereocenters. The van der Waals surface area contributed by atoms with Crippen molar-refractivity contribution in [2.75, 3.05) is 25.2 Å². The maximum absolute atomic E-state index is 10.9. The molecule has 0 saturated heterocycles. The molecule has 0 fully saturated rings. The van der Waals surface area contributed by atoms with Crippen LogP contribution in [0.3, 0.4) is 0 Å². The van der Waals surface area contributed by atoms with Gasteiger partial charge in [0.2, 0.25) is 0 Å². The Kier molecular flexibility index (Phi) is 5.04. The summed E-state index contributed by atoms with van der Waals surface area (Å²) in [5.41, 5.74) is 1.06. The fourth-order valence-electron chi connectivity index (χ4n) is 1.19. The van der Waals surface area contributed by atoms with Gasteiger partial charge in [0.05, 0.1) is 13.5 Å². The second kappa shape index (κ2) is 6.35. The van der Waals surface area contributed by atoms with Gasteiger partial charge in [-0.05, 0) is 18.4 Å². The van der Waals surface area contributed by atoms with E-state index in [0.717, 1.165) is 5.69 Å². The largest absolute Gasteiger partial charge is 0.469 e. The van der Waals surface area contributed by atoms with Crippen LogP contribution in [0.4, 0.5) is 5.69 Å². The lowest BCUT2D eigenvalue weighted by molar-refractivity contribution is -0.140. The Labute approximate surface area is 94.2 Å². The molecule has 1 aromatic carbocycles. The minimum Gasteiger partial charge on any atom is -0.469 e. The van der Waals surface area contributed by atoms with Crippen molar-refractivity contribution >= 4 is 23.4 Å². The summed E-state index contributed by atoms with van der Waals surface area (Å²) in [6, 6.07) is 8.02. The van der Waals surface area contributed by atoms with E-state index in [1.807, 2.05) is 30.5 Å². The molecule has 0 aromatic heterocycles. The fourth-order valence-corrected chi connectivity index (χ4v) is 1.77. The average Bonchev–Trinajstić information content (AvgIpc) is 2.29. The van der Waals surface area contributed by atoms with Gasteiger partial charge in [-0.3, -0.25) is 4.79 Å². The Morgan fingerprint density at radius 2 is 2.20 bits per heavy atom. The monoisotopic (exact) mass is 225 g/mol. The third-order valence-corrected chi connectivity index (χ3v) is 2.78. The zero-order valence-electron chi connectivity index (χ0n) is 8.95. The molecule has 1 rings (SSSR count). The van der Waals surface area contributed by atoms with Crippen molar-refractivity contribution in [3.8, 4) is 0 Å². The van der Waals surface area contributed by atoms with Crippen molar-refractivity contribution in [2.45, 2.75) is 11.3 Å². The summed E-state index contributed by atoms with van der Waals surface area (Å²) >= 11 is 1.68. The number of esters is 1. The van der Waals surface area contributed by atoms with Gasteiger partial charge in [-0.25, -0.2) is 0 Å². The minimum absolute atomic E-state index is 0.191. The van der Waals surface area contributed by atoms with E-state index in [9.17, 15) is 4.79 Å². The number of nitrogens with one attached hydrogen (secondary N) is 1. The quantitative estimate of drug-likeness (QED) is 0.617. The third-order valence-electron chi connectivity index (χ3n) is 1.98. The topological polar surface area (TPSA) is 38.3 Å². The smallest absolute Gasteiger partial charge is 0.307 e. The molecule has 1 aromatic rings. The molecular weight excluding hydrogens is 210 g/mol. The van der Waals surface area contributed by atoms with Crippen LogP contribution in [-0.4, -0.2) is 25.9 Å². The summed E-state index contributed by atoms with van der Waals surface area (Å²) in [6.45, 7) is 0.601. The highest BCUT2D eigenvalue weighted by Gasteiger charge is 2.02. The van der Waals surface area contributed by atoms with Crippen LogP contribution in [-0.2, 0) is 9.53 Å². The van der Waals surface area contributed by atoms with Gasteiger partial charge >= 0.3 is 5.97 Å². The molecule has 0 atom stereocenters. The van der Waals surface area contributed by atoms with Gasteiger partial charge in [-0.1, -0.05) is 12.1 Å². The molecule has 0 heterocycles.